The largest absolute Gasteiger partial charge is 0.435 e. The van der Waals surface area contributed by atoms with E-state index in [0.717, 1.165) is 5.52 Å². The van der Waals surface area contributed by atoms with Crippen LogP contribution < -0.4 is 0 Å². The van der Waals surface area contributed by atoms with E-state index in [9.17, 15) is 10.1 Å². The first kappa shape index (κ1) is 8.68. The molecule has 0 amide bonds. The molecule has 2 aromatic rings. The van der Waals surface area contributed by atoms with Crippen molar-refractivity contribution >= 4 is 17.0 Å². The van der Waals surface area contributed by atoms with Gasteiger partial charge in [-0.1, -0.05) is 17.1 Å². The number of imidazole rings is 1. The summed E-state index contributed by atoms with van der Waals surface area (Å²) in [6, 6.07) is 7.27. The van der Waals surface area contributed by atoms with Crippen molar-refractivity contribution < 1.29 is 4.92 Å². The Labute approximate surface area is 80.1 Å². The molecule has 72 valence electrons. The number of aryl methyl sites for hydroxylation is 1. The van der Waals surface area contributed by atoms with Crippen molar-refractivity contribution in [3.63, 3.8) is 0 Å². The summed E-state index contributed by atoms with van der Waals surface area (Å²) in [4.78, 5) is 14.2. The SMILES string of the molecule is CCn1c([N+](=O)[O-])nc2ccccc21. The maximum Gasteiger partial charge on any atom is 0.435 e. The van der Waals surface area contributed by atoms with Gasteiger partial charge in [-0.25, -0.2) is 4.57 Å². The van der Waals surface area contributed by atoms with Gasteiger partial charge >= 0.3 is 5.95 Å². The predicted molar refractivity (Wildman–Crippen MR) is 52.1 cm³/mol. The van der Waals surface area contributed by atoms with Crippen LogP contribution in [0.3, 0.4) is 0 Å². The van der Waals surface area contributed by atoms with Crippen LogP contribution in [-0.2, 0) is 6.54 Å². The second-order valence-electron chi connectivity index (χ2n) is 2.90. The molecular formula is C9H9N3O2. The molecule has 5 nitrogen and oxygen atoms in total. The number of rotatable bonds is 2. The van der Waals surface area contributed by atoms with Crippen molar-refractivity contribution in [2.24, 2.45) is 0 Å². The molecule has 1 aromatic carbocycles. The van der Waals surface area contributed by atoms with Crippen LogP contribution >= 0.6 is 0 Å². The van der Waals surface area contributed by atoms with E-state index in [1.54, 1.807) is 10.6 Å². The Morgan fingerprint density at radius 2 is 2.21 bits per heavy atom. The lowest BCUT2D eigenvalue weighted by atomic mass is 10.3. The second-order valence-corrected chi connectivity index (χ2v) is 2.90. The van der Waals surface area contributed by atoms with Crippen LogP contribution in [0, 0.1) is 10.1 Å². The van der Waals surface area contributed by atoms with E-state index in [2.05, 4.69) is 4.98 Å². The minimum absolute atomic E-state index is 0.0892. The Hall–Kier alpha value is -1.91. The van der Waals surface area contributed by atoms with Crippen molar-refractivity contribution in [1.29, 1.82) is 0 Å². The van der Waals surface area contributed by atoms with Crippen molar-refractivity contribution in [2.75, 3.05) is 0 Å². The third-order valence-corrected chi connectivity index (χ3v) is 2.11. The van der Waals surface area contributed by atoms with Crippen molar-refractivity contribution in [3.8, 4) is 0 Å². The highest BCUT2D eigenvalue weighted by atomic mass is 16.6. The molecule has 0 aliphatic carbocycles. The molecule has 2 rings (SSSR count). The Balaban J connectivity index is 2.78. The van der Waals surface area contributed by atoms with Crippen LogP contribution in [0.25, 0.3) is 11.0 Å². The maximum absolute atomic E-state index is 10.7. The molecule has 0 spiro atoms. The number of para-hydroxylation sites is 2. The van der Waals surface area contributed by atoms with E-state index < -0.39 is 4.92 Å². The van der Waals surface area contributed by atoms with Gasteiger partial charge in [-0.15, -0.1) is 0 Å². The van der Waals surface area contributed by atoms with Crippen LogP contribution in [0.15, 0.2) is 24.3 Å². The zero-order valence-electron chi connectivity index (χ0n) is 7.67. The Morgan fingerprint density at radius 3 is 2.86 bits per heavy atom. The fourth-order valence-electron chi connectivity index (χ4n) is 1.51. The van der Waals surface area contributed by atoms with Crippen molar-refractivity contribution in [1.82, 2.24) is 9.55 Å². The first-order chi connectivity index (χ1) is 6.74. The number of nitro groups is 1. The lowest BCUT2D eigenvalue weighted by Gasteiger charge is -1.96. The fourth-order valence-corrected chi connectivity index (χ4v) is 1.51. The summed E-state index contributed by atoms with van der Waals surface area (Å²) in [5.41, 5.74) is 1.47. The Morgan fingerprint density at radius 1 is 1.50 bits per heavy atom. The quantitative estimate of drug-likeness (QED) is 0.538. The highest BCUT2D eigenvalue weighted by Gasteiger charge is 2.19. The smallest absolute Gasteiger partial charge is 0.390 e. The highest BCUT2D eigenvalue weighted by Crippen LogP contribution is 2.20. The number of hydrogen-bond donors (Lipinski definition) is 0. The van der Waals surface area contributed by atoms with Crippen LogP contribution in [0.5, 0.6) is 0 Å². The third kappa shape index (κ3) is 1.14. The van der Waals surface area contributed by atoms with Gasteiger partial charge in [-0.2, -0.15) is 0 Å². The lowest BCUT2D eigenvalue weighted by Crippen LogP contribution is -2.01. The first-order valence-corrected chi connectivity index (χ1v) is 4.33. The zero-order valence-corrected chi connectivity index (χ0v) is 7.67. The Bertz CT molecular complexity index is 490. The molecule has 0 aliphatic rings. The third-order valence-electron chi connectivity index (χ3n) is 2.11. The van der Waals surface area contributed by atoms with Gasteiger partial charge in [0.15, 0.2) is 5.52 Å². The van der Waals surface area contributed by atoms with E-state index in [4.69, 9.17) is 0 Å². The van der Waals surface area contributed by atoms with Crippen LogP contribution in [-0.4, -0.2) is 14.5 Å². The van der Waals surface area contributed by atoms with E-state index >= 15 is 0 Å². The average Bonchev–Trinajstić information content (AvgIpc) is 2.56. The maximum atomic E-state index is 10.7. The predicted octanol–water partition coefficient (Wildman–Crippen LogP) is 1.96. The normalized spacial score (nSPS) is 10.6. The minimum atomic E-state index is -0.455. The first-order valence-electron chi connectivity index (χ1n) is 4.33. The summed E-state index contributed by atoms with van der Waals surface area (Å²) in [5.74, 6) is -0.0892. The second kappa shape index (κ2) is 3.10. The van der Waals surface area contributed by atoms with Crippen LogP contribution in [0.1, 0.15) is 6.92 Å². The topological polar surface area (TPSA) is 61.0 Å². The van der Waals surface area contributed by atoms with Gasteiger partial charge < -0.3 is 10.1 Å². The summed E-state index contributed by atoms with van der Waals surface area (Å²) in [6.45, 7) is 2.41. The summed E-state index contributed by atoms with van der Waals surface area (Å²) >= 11 is 0. The van der Waals surface area contributed by atoms with Crippen molar-refractivity contribution in [3.05, 3.63) is 34.4 Å². The number of benzene rings is 1. The van der Waals surface area contributed by atoms with E-state index in [-0.39, 0.29) is 5.95 Å². The molecule has 0 fully saturated rings. The van der Waals surface area contributed by atoms with E-state index in [1.165, 1.54) is 0 Å². The van der Waals surface area contributed by atoms with Gasteiger partial charge in [0.25, 0.3) is 0 Å². The molecule has 1 aromatic heterocycles. The van der Waals surface area contributed by atoms with Gasteiger partial charge in [-0.3, -0.25) is 0 Å². The van der Waals surface area contributed by atoms with Gasteiger partial charge in [0.2, 0.25) is 0 Å². The molecular weight excluding hydrogens is 182 g/mol. The summed E-state index contributed by atoms with van der Waals surface area (Å²) in [7, 11) is 0. The lowest BCUT2D eigenvalue weighted by molar-refractivity contribution is -0.396. The molecule has 0 N–H and O–H groups in total. The number of fused-ring (bicyclic) bond motifs is 1. The molecule has 0 unspecified atom stereocenters. The van der Waals surface area contributed by atoms with Crippen LogP contribution in [0.2, 0.25) is 0 Å². The molecule has 0 bridgehead atoms. The molecule has 1 heterocycles. The molecule has 0 atom stereocenters. The standard InChI is InChI=1S/C9H9N3O2/c1-2-11-8-6-4-3-5-7(8)10-9(11)12(13)14/h3-6H,2H2,1H3. The van der Waals surface area contributed by atoms with E-state index in [1.807, 2.05) is 25.1 Å². The van der Waals surface area contributed by atoms with Gasteiger partial charge in [0.05, 0.1) is 6.54 Å². The molecule has 14 heavy (non-hydrogen) atoms. The molecule has 0 saturated heterocycles. The summed E-state index contributed by atoms with van der Waals surface area (Å²) in [5, 5.41) is 10.7. The molecule has 0 saturated carbocycles. The van der Waals surface area contributed by atoms with Gasteiger partial charge in [0, 0.05) is 0 Å². The van der Waals surface area contributed by atoms with Gasteiger partial charge in [-0.05, 0) is 24.0 Å². The summed E-state index contributed by atoms with van der Waals surface area (Å²) < 4.78 is 1.59. The van der Waals surface area contributed by atoms with Gasteiger partial charge in [0.1, 0.15) is 5.52 Å². The zero-order chi connectivity index (χ0) is 10.1. The monoisotopic (exact) mass is 191 g/mol. The van der Waals surface area contributed by atoms with Crippen molar-refractivity contribution in [2.45, 2.75) is 13.5 Å². The number of aromatic nitrogens is 2. The number of hydrogen-bond acceptors (Lipinski definition) is 3. The van der Waals surface area contributed by atoms with Crippen LogP contribution in [0.4, 0.5) is 5.95 Å². The Kier molecular flexibility index (Phi) is 1.92. The molecule has 5 heteroatoms. The summed E-state index contributed by atoms with van der Waals surface area (Å²) in [6.07, 6.45) is 0. The molecule has 0 radical (unpaired) electrons. The fraction of sp³-hybridized carbons (Fsp3) is 0.222. The molecule has 0 aliphatic heterocycles. The highest BCUT2D eigenvalue weighted by molar-refractivity contribution is 5.77. The minimum Gasteiger partial charge on any atom is -0.390 e. The van der Waals surface area contributed by atoms with E-state index in [0.29, 0.717) is 12.1 Å². The average molecular weight is 191 g/mol. The number of nitrogens with zero attached hydrogens (tertiary/aromatic N) is 3.